The first-order valence-corrected chi connectivity index (χ1v) is 5.69. The second-order valence-corrected chi connectivity index (χ2v) is 4.91. The molecule has 1 aliphatic rings. The highest BCUT2D eigenvalue weighted by Crippen LogP contribution is 2.46. The Labute approximate surface area is 96.2 Å². The normalized spacial score (nSPS) is 21.6. The highest BCUT2D eigenvalue weighted by Gasteiger charge is 2.45. The van der Waals surface area contributed by atoms with Crippen LogP contribution in [-0.2, 0) is 0 Å². The molecule has 1 aromatic heterocycles. The molecule has 1 heterocycles. The van der Waals surface area contributed by atoms with Gasteiger partial charge in [0.15, 0.2) is 0 Å². The molecule has 1 atom stereocenters. The Bertz CT molecular complexity index is 390. The van der Waals surface area contributed by atoms with Crippen LogP contribution in [0.15, 0.2) is 12.1 Å². The van der Waals surface area contributed by atoms with Gasteiger partial charge in [0.05, 0.1) is 12.3 Å². The molecule has 0 amide bonds. The number of hydrogen-bond donors (Lipinski definition) is 2. The summed E-state index contributed by atoms with van der Waals surface area (Å²) in [5, 5.41) is 3.39. The van der Waals surface area contributed by atoms with Gasteiger partial charge in [-0.05, 0) is 30.9 Å². The number of pyridine rings is 1. The van der Waals surface area contributed by atoms with Gasteiger partial charge in [-0.1, -0.05) is 13.8 Å². The minimum absolute atomic E-state index is 0.384. The van der Waals surface area contributed by atoms with Gasteiger partial charge in [-0.15, -0.1) is 0 Å². The Morgan fingerprint density at radius 2 is 2.25 bits per heavy atom. The summed E-state index contributed by atoms with van der Waals surface area (Å²) in [7, 11) is 0. The fraction of sp³-hybridized carbons (Fsp3) is 0.583. The van der Waals surface area contributed by atoms with E-state index in [2.05, 4.69) is 24.1 Å². The summed E-state index contributed by atoms with van der Waals surface area (Å²) in [6, 6.07) is 4.24. The molecular formula is C12H19N3O. The monoisotopic (exact) mass is 221 g/mol. The molecule has 3 N–H and O–H groups in total. The number of anilines is 2. The van der Waals surface area contributed by atoms with Crippen LogP contribution in [0.2, 0.25) is 0 Å². The SMILES string of the molecule is CCOc1nc(NC2CC2(C)C)ccc1N. The van der Waals surface area contributed by atoms with E-state index >= 15 is 0 Å². The van der Waals surface area contributed by atoms with Crippen molar-refractivity contribution in [2.24, 2.45) is 5.41 Å². The van der Waals surface area contributed by atoms with E-state index in [0.29, 0.717) is 29.6 Å². The maximum atomic E-state index is 5.76. The fourth-order valence-electron chi connectivity index (χ4n) is 1.68. The molecule has 0 aromatic carbocycles. The van der Waals surface area contributed by atoms with Crippen LogP contribution in [0.1, 0.15) is 27.2 Å². The summed E-state index contributed by atoms with van der Waals surface area (Å²) >= 11 is 0. The van der Waals surface area contributed by atoms with Crippen LogP contribution in [0.3, 0.4) is 0 Å². The predicted octanol–water partition coefficient (Wildman–Crippen LogP) is 2.27. The molecule has 4 heteroatoms. The van der Waals surface area contributed by atoms with Gasteiger partial charge in [-0.2, -0.15) is 4.98 Å². The highest BCUT2D eigenvalue weighted by atomic mass is 16.5. The number of rotatable bonds is 4. The zero-order valence-electron chi connectivity index (χ0n) is 10.1. The van der Waals surface area contributed by atoms with Crippen molar-refractivity contribution in [2.45, 2.75) is 33.2 Å². The van der Waals surface area contributed by atoms with E-state index in [0.717, 1.165) is 5.82 Å². The van der Waals surface area contributed by atoms with E-state index in [1.165, 1.54) is 6.42 Å². The van der Waals surface area contributed by atoms with E-state index in [4.69, 9.17) is 10.5 Å². The topological polar surface area (TPSA) is 60.2 Å². The van der Waals surface area contributed by atoms with Gasteiger partial charge in [-0.25, -0.2) is 0 Å². The maximum absolute atomic E-state index is 5.76. The predicted molar refractivity (Wildman–Crippen MR) is 65.6 cm³/mol. The summed E-state index contributed by atoms with van der Waals surface area (Å²) in [5.74, 6) is 1.36. The standard InChI is InChI=1S/C12H19N3O/c1-4-16-11-8(13)5-6-10(15-11)14-9-7-12(9,2)3/h5-6,9H,4,7,13H2,1-3H3,(H,14,15). The van der Waals surface area contributed by atoms with Gasteiger partial charge < -0.3 is 15.8 Å². The minimum Gasteiger partial charge on any atom is -0.476 e. The van der Waals surface area contributed by atoms with E-state index < -0.39 is 0 Å². The number of nitrogens with two attached hydrogens (primary N) is 1. The van der Waals surface area contributed by atoms with Crippen molar-refractivity contribution in [1.82, 2.24) is 4.98 Å². The lowest BCUT2D eigenvalue weighted by Crippen LogP contribution is -2.10. The van der Waals surface area contributed by atoms with Crippen molar-refractivity contribution in [1.29, 1.82) is 0 Å². The largest absolute Gasteiger partial charge is 0.476 e. The zero-order valence-corrected chi connectivity index (χ0v) is 10.1. The second-order valence-electron chi connectivity index (χ2n) is 4.91. The Hall–Kier alpha value is -1.45. The molecule has 0 radical (unpaired) electrons. The van der Waals surface area contributed by atoms with Crippen molar-refractivity contribution in [3.63, 3.8) is 0 Å². The summed E-state index contributed by atoms with van der Waals surface area (Å²) in [6.45, 7) is 6.98. The number of nitrogens with zero attached hydrogens (tertiary/aromatic N) is 1. The Morgan fingerprint density at radius 3 is 2.81 bits per heavy atom. The fourth-order valence-corrected chi connectivity index (χ4v) is 1.68. The average molecular weight is 221 g/mol. The molecule has 1 aromatic rings. The van der Waals surface area contributed by atoms with Crippen molar-refractivity contribution in [2.75, 3.05) is 17.7 Å². The van der Waals surface area contributed by atoms with Crippen LogP contribution in [0, 0.1) is 5.41 Å². The quantitative estimate of drug-likeness (QED) is 0.818. The molecule has 0 bridgehead atoms. The van der Waals surface area contributed by atoms with Gasteiger partial charge in [0.25, 0.3) is 0 Å². The lowest BCUT2D eigenvalue weighted by atomic mass is 10.2. The molecule has 0 saturated heterocycles. The highest BCUT2D eigenvalue weighted by molar-refractivity contribution is 5.54. The van der Waals surface area contributed by atoms with Crippen LogP contribution < -0.4 is 15.8 Å². The van der Waals surface area contributed by atoms with Crippen molar-refractivity contribution < 1.29 is 4.74 Å². The number of ether oxygens (including phenoxy) is 1. The maximum Gasteiger partial charge on any atom is 0.239 e. The third kappa shape index (κ3) is 2.21. The summed E-state index contributed by atoms with van der Waals surface area (Å²) < 4.78 is 5.36. The Balaban J connectivity index is 2.07. The van der Waals surface area contributed by atoms with Gasteiger partial charge >= 0.3 is 0 Å². The van der Waals surface area contributed by atoms with E-state index in [-0.39, 0.29) is 0 Å². The average Bonchev–Trinajstić information content (AvgIpc) is 2.80. The lowest BCUT2D eigenvalue weighted by Gasteiger charge is -2.10. The van der Waals surface area contributed by atoms with E-state index in [1.54, 1.807) is 0 Å². The first-order valence-electron chi connectivity index (χ1n) is 5.69. The molecule has 4 nitrogen and oxygen atoms in total. The van der Waals surface area contributed by atoms with Crippen molar-refractivity contribution in [3.05, 3.63) is 12.1 Å². The first-order chi connectivity index (χ1) is 7.53. The molecule has 16 heavy (non-hydrogen) atoms. The molecule has 0 aliphatic heterocycles. The van der Waals surface area contributed by atoms with Gasteiger partial charge in [-0.3, -0.25) is 0 Å². The molecule has 88 valence electrons. The summed E-state index contributed by atoms with van der Waals surface area (Å²) in [5.41, 5.74) is 6.73. The van der Waals surface area contributed by atoms with Gasteiger partial charge in [0.2, 0.25) is 5.88 Å². The Kier molecular flexibility index (Phi) is 2.66. The van der Waals surface area contributed by atoms with Crippen molar-refractivity contribution in [3.8, 4) is 5.88 Å². The van der Waals surface area contributed by atoms with Gasteiger partial charge in [0, 0.05) is 6.04 Å². The minimum atomic E-state index is 0.384. The third-order valence-electron chi connectivity index (χ3n) is 3.01. The van der Waals surface area contributed by atoms with E-state index in [1.807, 2.05) is 19.1 Å². The van der Waals surface area contributed by atoms with Crippen LogP contribution in [-0.4, -0.2) is 17.6 Å². The number of nitrogen functional groups attached to an aromatic ring is 1. The second kappa shape index (κ2) is 3.85. The molecule has 1 aliphatic carbocycles. The van der Waals surface area contributed by atoms with Crippen LogP contribution in [0.5, 0.6) is 5.88 Å². The van der Waals surface area contributed by atoms with Crippen molar-refractivity contribution >= 4 is 11.5 Å². The molecule has 0 spiro atoms. The molecular weight excluding hydrogens is 202 g/mol. The van der Waals surface area contributed by atoms with Crippen LogP contribution in [0.25, 0.3) is 0 Å². The third-order valence-corrected chi connectivity index (χ3v) is 3.01. The Morgan fingerprint density at radius 1 is 1.56 bits per heavy atom. The van der Waals surface area contributed by atoms with Crippen LogP contribution in [0.4, 0.5) is 11.5 Å². The molecule has 1 saturated carbocycles. The number of hydrogen-bond acceptors (Lipinski definition) is 4. The zero-order chi connectivity index (χ0) is 11.8. The lowest BCUT2D eigenvalue weighted by molar-refractivity contribution is 0.329. The number of aromatic nitrogens is 1. The number of nitrogens with one attached hydrogen (secondary N) is 1. The molecule has 2 rings (SSSR count). The molecule has 1 fully saturated rings. The molecule has 1 unspecified atom stereocenters. The van der Waals surface area contributed by atoms with Crippen LogP contribution >= 0.6 is 0 Å². The summed E-state index contributed by atoms with van der Waals surface area (Å²) in [6.07, 6.45) is 1.18. The summed E-state index contributed by atoms with van der Waals surface area (Å²) in [4.78, 5) is 4.35. The first kappa shape index (κ1) is 11.0. The smallest absolute Gasteiger partial charge is 0.239 e. The van der Waals surface area contributed by atoms with Gasteiger partial charge in [0.1, 0.15) is 5.82 Å². The van der Waals surface area contributed by atoms with E-state index in [9.17, 15) is 0 Å².